The van der Waals surface area contributed by atoms with Crippen LogP contribution in [0, 0.1) is 5.82 Å². The highest BCUT2D eigenvalue weighted by molar-refractivity contribution is 7.89. The van der Waals surface area contributed by atoms with Crippen LogP contribution in [-0.2, 0) is 10.0 Å². The van der Waals surface area contributed by atoms with Crippen molar-refractivity contribution in [2.45, 2.75) is 17.4 Å². The second-order valence-corrected chi connectivity index (χ2v) is 6.23. The van der Waals surface area contributed by atoms with Gasteiger partial charge in [-0.25, -0.2) is 17.9 Å². The molecule has 94 valence electrons. The summed E-state index contributed by atoms with van der Waals surface area (Å²) in [4.78, 5) is 1.53. The number of anilines is 1. The Bertz CT molecular complexity index is 549. The molecule has 0 aromatic heterocycles. The lowest BCUT2D eigenvalue weighted by atomic mass is 9.93. The zero-order valence-electron chi connectivity index (χ0n) is 9.35. The molecule has 1 aromatic rings. The minimum absolute atomic E-state index is 0.227. The van der Waals surface area contributed by atoms with E-state index < -0.39 is 15.8 Å². The lowest BCUT2D eigenvalue weighted by Gasteiger charge is -2.47. The summed E-state index contributed by atoms with van der Waals surface area (Å²) in [6.45, 7) is 2.96. The van der Waals surface area contributed by atoms with Crippen LogP contribution in [0.2, 0.25) is 0 Å². The van der Waals surface area contributed by atoms with Gasteiger partial charge in [-0.15, -0.1) is 0 Å². The topological polar surface area (TPSA) is 89.4 Å². The molecular weight excluding hydrogens is 245 g/mol. The van der Waals surface area contributed by atoms with Crippen LogP contribution in [0.5, 0.6) is 0 Å². The molecular formula is C10H14FN3O2S. The average Bonchev–Trinajstić information content (AvgIpc) is 2.12. The van der Waals surface area contributed by atoms with E-state index in [1.807, 2.05) is 6.92 Å². The Labute approximate surface area is 99.3 Å². The number of hydrogen-bond donors (Lipinski definition) is 2. The first kappa shape index (κ1) is 12.3. The molecule has 5 nitrogen and oxygen atoms in total. The summed E-state index contributed by atoms with van der Waals surface area (Å²) in [5.41, 5.74) is 5.85. The molecule has 1 aliphatic heterocycles. The van der Waals surface area contributed by atoms with E-state index >= 15 is 0 Å². The Hall–Kier alpha value is -1.18. The van der Waals surface area contributed by atoms with E-state index in [0.717, 1.165) is 6.07 Å². The fourth-order valence-corrected chi connectivity index (χ4v) is 2.44. The fraction of sp³-hybridized carbons (Fsp3) is 0.400. The smallest absolute Gasteiger partial charge is 0.238 e. The summed E-state index contributed by atoms with van der Waals surface area (Å²) in [5.74, 6) is -0.605. The van der Waals surface area contributed by atoms with Gasteiger partial charge in [0, 0.05) is 18.6 Å². The van der Waals surface area contributed by atoms with Gasteiger partial charge in [0.25, 0.3) is 0 Å². The molecule has 1 saturated heterocycles. The molecule has 1 aromatic carbocycles. The summed E-state index contributed by atoms with van der Waals surface area (Å²) in [6.07, 6.45) is 0. The molecule has 0 radical (unpaired) electrons. The van der Waals surface area contributed by atoms with Crippen LogP contribution in [-0.4, -0.2) is 27.0 Å². The van der Waals surface area contributed by atoms with Gasteiger partial charge in [-0.05, 0) is 25.1 Å². The second-order valence-electron chi connectivity index (χ2n) is 4.67. The van der Waals surface area contributed by atoms with Crippen molar-refractivity contribution < 1.29 is 12.8 Å². The van der Waals surface area contributed by atoms with E-state index in [1.54, 1.807) is 4.90 Å². The largest absolute Gasteiger partial charge is 0.365 e. The van der Waals surface area contributed by atoms with Gasteiger partial charge < -0.3 is 10.6 Å². The maximum atomic E-state index is 13.7. The Morgan fingerprint density at radius 2 is 2.00 bits per heavy atom. The van der Waals surface area contributed by atoms with Crippen molar-refractivity contribution in [2.75, 3.05) is 18.0 Å². The van der Waals surface area contributed by atoms with Crippen molar-refractivity contribution >= 4 is 15.7 Å². The number of sulfonamides is 1. The third kappa shape index (κ3) is 2.41. The molecule has 0 spiro atoms. The van der Waals surface area contributed by atoms with Crippen molar-refractivity contribution in [2.24, 2.45) is 10.9 Å². The molecule has 17 heavy (non-hydrogen) atoms. The molecule has 0 saturated carbocycles. The van der Waals surface area contributed by atoms with Gasteiger partial charge in [-0.3, -0.25) is 0 Å². The van der Waals surface area contributed by atoms with Crippen molar-refractivity contribution in [3.63, 3.8) is 0 Å². The van der Waals surface area contributed by atoms with Gasteiger partial charge in [-0.1, -0.05) is 0 Å². The zero-order chi connectivity index (χ0) is 12.8. The summed E-state index contributed by atoms with van der Waals surface area (Å²) >= 11 is 0. The minimum Gasteiger partial charge on any atom is -0.365 e. The number of nitrogens with zero attached hydrogens (tertiary/aromatic N) is 1. The number of benzene rings is 1. The lowest BCUT2D eigenvalue weighted by molar-refractivity contribution is 0.361. The average molecular weight is 259 g/mol. The number of halogens is 1. The highest BCUT2D eigenvalue weighted by atomic mass is 32.2. The highest BCUT2D eigenvalue weighted by Gasteiger charge is 2.36. The van der Waals surface area contributed by atoms with Crippen LogP contribution in [0.25, 0.3) is 0 Å². The molecule has 7 heteroatoms. The quantitative estimate of drug-likeness (QED) is 0.783. The number of rotatable bonds is 2. The second kappa shape index (κ2) is 3.66. The maximum Gasteiger partial charge on any atom is 0.238 e. The van der Waals surface area contributed by atoms with Gasteiger partial charge >= 0.3 is 0 Å². The summed E-state index contributed by atoms with van der Waals surface area (Å²) in [7, 11) is -3.86. The first-order chi connectivity index (χ1) is 7.69. The Balaban J connectivity index is 2.28. The number of primary sulfonamides is 1. The predicted octanol–water partition coefficient (Wildman–Crippen LogP) is 0.0105. The molecule has 0 atom stereocenters. The Morgan fingerprint density at radius 3 is 2.41 bits per heavy atom. The Kier molecular flexibility index (Phi) is 2.64. The standard InChI is InChI=1S/C10H14FN3O2S/c1-10(12)5-14(6-10)9-3-2-7(4-8(9)11)17(13,15)16/h2-4H,5-6,12H2,1H3,(H2,13,15,16). The molecule has 1 heterocycles. The van der Waals surface area contributed by atoms with Crippen molar-refractivity contribution in [3.05, 3.63) is 24.0 Å². The van der Waals surface area contributed by atoms with Gasteiger partial charge in [0.05, 0.1) is 10.6 Å². The van der Waals surface area contributed by atoms with Crippen LogP contribution in [0.1, 0.15) is 6.92 Å². The molecule has 1 fully saturated rings. The van der Waals surface area contributed by atoms with E-state index in [0.29, 0.717) is 18.8 Å². The molecule has 1 aliphatic rings. The first-order valence-corrected chi connectivity index (χ1v) is 6.60. The summed E-state index contributed by atoms with van der Waals surface area (Å²) in [5, 5.41) is 4.91. The van der Waals surface area contributed by atoms with Crippen molar-refractivity contribution in [3.8, 4) is 0 Å². The summed E-state index contributed by atoms with van der Waals surface area (Å²) in [6, 6.07) is 3.63. The van der Waals surface area contributed by atoms with Gasteiger partial charge in [0.1, 0.15) is 5.82 Å². The van der Waals surface area contributed by atoms with Crippen LogP contribution < -0.4 is 15.8 Å². The predicted molar refractivity (Wildman–Crippen MR) is 62.6 cm³/mol. The van der Waals surface area contributed by atoms with Crippen molar-refractivity contribution in [1.29, 1.82) is 0 Å². The van der Waals surface area contributed by atoms with Crippen molar-refractivity contribution in [1.82, 2.24) is 0 Å². The van der Waals surface area contributed by atoms with Gasteiger partial charge in [-0.2, -0.15) is 0 Å². The van der Waals surface area contributed by atoms with E-state index in [-0.39, 0.29) is 10.4 Å². The van der Waals surface area contributed by atoms with Gasteiger partial charge in [0.15, 0.2) is 0 Å². The van der Waals surface area contributed by atoms with Crippen LogP contribution in [0.3, 0.4) is 0 Å². The molecule has 0 unspecified atom stereocenters. The van der Waals surface area contributed by atoms with E-state index in [9.17, 15) is 12.8 Å². The molecule has 0 bridgehead atoms. The molecule has 0 amide bonds. The number of hydrogen-bond acceptors (Lipinski definition) is 4. The summed E-state index contributed by atoms with van der Waals surface area (Å²) < 4.78 is 35.8. The van der Waals surface area contributed by atoms with Gasteiger partial charge in [0.2, 0.25) is 10.0 Å². The SMILES string of the molecule is CC1(N)CN(c2ccc(S(N)(=O)=O)cc2F)C1. The lowest BCUT2D eigenvalue weighted by Crippen LogP contribution is -2.65. The fourth-order valence-electron chi connectivity index (χ4n) is 1.92. The number of nitrogens with two attached hydrogens (primary N) is 2. The normalized spacial score (nSPS) is 18.9. The van der Waals surface area contributed by atoms with Crippen LogP contribution in [0.15, 0.2) is 23.1 Å². The molecule has 4 N–H and O–H groups in total. The first-order valence-electron chi connectivity index (χ1n) is 5.05. The van der Waals surface area contributed by atoms with E-state index in [2.05, 4.69) is 0 Å². The molecule has 2 rings (SSSR count). The van der Waals surface area contributed by atoms with Crippen LogP contribution >= 0.6 is 0 Å². The monoisotopic (exact) mass is 259 g/mol. The van der Waals surface area contributed by atoms with Crippen LogP contribution in [0.4, 0.5) is 10.1 Å². The third-order valence-electron chi connectivity index (χ3n) is 2.69. The third-order valence-corrected chi connectivity index (χ3v) is 3.60. The highest BCUT2D eigenvalue weighted by Crippen LogP contribution is 2.29. The van der Waals surface area contributed by atoms with E-state index in [4.69, 9.17) is 10.9 Å². The minimum atomic E-state index is -3.86. The Morgan fingerprint density at radius 1 is 1.41 bits per heavy atom. The van der Waals surface area contributed by atoms with E-state index in [1.165, 1.54) is 12.1 Å². The zero-order valence-corrected chi connectivity index (χ0v) is 10.2. The maximum absolute atomic E-state index is 13.7. The molecule has 0 aliphatic carbocycles.